The second-order valence-electron chi connectivity index (χ2n) is 3.81. The lowest BCUT2D eigenvalue weighted by Crippen LogP contribution is -2.04. The molecule has 2 aromatic rings. The molecule has 0 atom stereocenters. The average molecular weight is 387 g/mol. The Morgan fingerprint density at radius 3 is 2.57 bits per heavy atom. The van der Waals surface area contributed by atoms with E-state index in [0.29, 0.717) is 12.8 Å². The minimum atomic E-state index is -3.85. The Balaban J connectivity index is 0.000000222. The van der Waals surface area contributed by atoms with E-state index in [1.54, 1.807) is 34.4 Å². The summed E-state index contributed by atoms with van der Waals surface area (Å²) in [6.07, 6.45) is 1.15. The lowest BCUT2D eigenvalue weighted by Gasteiger charge is -1.92. The monoisotopic (exact) mass is 386 g/mol. The maximum Gasteiger partial charge on any atom is 0.297 e. The summed E-state index contributed by atoms with van der Waals surface area (Å²) in [5.74, 6) is -0.236. The highest BCUT2D eigenvalue weighted by atomic mass is 32.2. The van der Waals surface area contributed by atoms with E-state index in [2.05, 4.69) is 40.6 Å². The molecule has 0 N–H and O–H groups in total. The largest absolute Gasteiger partial charge is 0.297 e. The third kappa shape index (κ3) is 8.22. The molecule has 0 aliphatic heterocycles. The highest BCUT2D eigenvalue weighted by molar-refractivity contribution is 8.03. The molecule has 2 heterocycles. The lowest BCUT2D eigenvalue weighted by molar-refractivity contribution is 0.00290. The van der Waals surface area contributed by atoms with Gasteiger partial charge < -0.3 is 0 Å². The second-order valence-corrected chi connectivity index (χ2v) is 9.87. The first-order valence-corrected chi connectivity index (χ1v) is 10.5. The Morgan fingerprint density at radius 2 is 2.10 bits per heavy atom. The summed E-state index contributed by atoms with van der Waals surface area (Å²) < 4.78 is 37.8. The molecule has 9 heteroatoms. The van der Waals surface area contributed by atoms with Crippen LogP contribution < -0.4 is 0 Å². The summed E-state index contributed by atoms with van der Waals surface area (Å²) in [5, 5.41) is 2.09. The molecule has 21 heavy (non-hydrogen) atoms. The number of hydrogen-bond acceptors (Lipinski definition) is 7. The van der Waals surface area contributed by atoms with Gasteiger partial charge in [-0.3, -0.25) is 0 Å². The minimum absolute atomic E-state index is 0.236. The van der Waals surface area contributed by atoms with Crippen molar-refractivity contribution in [1.82, 2.24) is 0 Å². The predicted molar refractivity (Wildman–Crippen MR) is 90.9 cm³/mol. The third-order valence-electron chi connectivity index (χ3n) is 2.11. The Kier molecular flexibility index (Phi) is 8.91. The van der Waals surface area contributed by atoms with E-state index in [1.807, 2.05) is 13.0 Å². The molecule has 0 aromatic carbocycles. The van der Waals surface area contributed by atoms with Crippen LogP contribution in [0.15, 0.2) is 42.3 Å². The van der Waals surface area contributed by atoms with Crippen molar-refractivity contribution in [1.29, 1.82) is 0 Å². The first-order valence-electron chi connectivity index (χ1n) is 6.00. The fourth-order valence-electron chi connectivity index (χ4n) is 1.14. The summed E-state index contributed by atoms with van der Waals surface area (Å²) >= 11 is 9.56. The Morgan fingerprint density at radius 1 is 1.33 bits per heavy atom. The highest BCUT2D eigenvalue weighted by Crippen LogP contribution is 2.36. The molecule has 0 amide bonds. The van der Waals surface area contributed by atoms with Gasteiger partial charge in [-0.2, -0.15) is 8.42 Å². The maximum atomic E-state index is 11.0. The molecule has 3 nitrogen and oxygen atoms in total. The number of hydrogen-bond donors (Lipinski definition) is 1. The quantitative estimate of drug-likeness (QED) is 0.687. The number of thiophene rings is 2. The summed E-state index contributed by atoms with van der Waals surface area (Å²) in [7, 11) is -3.85. The van der Waals surface area contributed by atoms with Crippen LogP contribution >= 0.6 is 47.1 Å². The summed E-state index contributed by atoms with van der Waals surface area (Å²) in [6.45, 7) is 1.81. The average Bonchev–Trinajstić information content (AvgIpc) is 3.10. The van der Waals surface area contributed by atoms with Crippen LogP contribution in [0.3, 0.4) is 0 Å². The molecular formula is C12H15FO3S5. The standard InChI is InChI=1S/C8H6S4.C4H9FO3S/c9-6-3-4-8(11-6)12-7-2-1-5-10-7;1-2-3-4-9(6,7)8-5/h1-5,9H;2-4H2,1H3. The molecule has 0 saturated heterocycles. The van der Waals surface area contributed by atoms with Crippen LogP contribution in [0.25, 0.3) is 0 Å². The molecule has 0 aliphatic carbocycles. The second kappa shape index (κ2) is 9.86. The molecule has 118 valence electrons. The van der Waals surface area contributed by atoms with Crippen molar-refractivity contribution in [2.75, 3.05) is 5.75 Å². The molecular weight excluding hydrogens is 371 g/mol. The van der Waals surface area contributed by atoms with Gasteiger partial charge in [0.05, 0.1) is 18.4 Å². The molecule has 0 unspecified atom stereocenters. The SMILES string of the molecule is CCCCS(=O)(=O)OF.Sc1ccc(Sc2cccs2)s1. The Bertz CT molecular complexity index is 607. The molecule has 0 saturated carbocycles. The Hall–Kier alpha value is -0.0600. The van der Waals surface area contributed by atoms with E-state index in [9.17, 15) is 12.9 Å². The van der Waals surface area contributed by atoms with Crippen molar-refractivity contribution >= 4 is 57.2 Å². The first-order chi connectivity index (χ1) is 9.96. The normalized spacial score (nSPS) is 11.0. The molecule has 2 aromatic heterocycles. The van der Waals surface area contributed by atoms with Crippen molar-refractivity contribution in [3.05, 3.63) is 29.6 Å². The molecule has 0 radical (unpaired) electrons. The molecule has 0 aliphatic rings. The zero-order chi connectivity index (χ0) is 15.7. The molecule has 0 spiro atoms. The van der Waals surface area contributed by atoms with E-state index in [-0.39, 0.29) is 5.75 Å². The van der Waals surface area contributed by atoms with Crippen LogP contribution in [0.1, 0.15) is 19.8 Å². The topological polar surface area (TPSA) is 43.4 Å². The van der Waals surface area contributed by atoms with E-state index >= 15 is 0 Å². The zero-order valence-corrected chi connectivity index (χ0v) is 15.4. The Labute approximate surface area is 142 Å². The van der Waals surface area contributed by atoms with Crippen LogP contribution in [0.2, 0.25) is 0 Å². The number of thiol groups is 1. The number of unbranched alkanes of at least 4 members (excludes halogenated alkanes) is 1. The number of rotatable bonds is 6. The minimum Gasteiger partial charge on any atom is -0.197 e. The van der Waals surface area contributed by atoms with Crippen LogP contribution in [-0.2, 0) is 14.5 Å². The van der Waals surface area contributed by atoms with Crippen molar-refractivity contribution in [2.24, 2.45) is 0 Å². The first kappa shape index (κ1) is 19.0. The van der Waals surface area contributed by atoms with Crippen molar-refractivity contribution < 1.29 is 17.3 Å². The summed E-state index contributed by atoms with van der Waals surface area (Å²) in [6, 6.07) is 8.34. The van der Waals surface area contributed by atoms with Gasteiger partial charge in [0, 0.05) is 0 Å². The fraction of sp³-hybridized carbons (Fsp3) is 0.333. The van der Waals surface area contributed by atoms with E-state index in [4.69, 9.17) is 0 Å². The molecule has 0 bridgehead atoms. The van der Waals surface area contributed by atoms with E-state index < -0.39 is 10.1 Å². The van der Waals surface area contributed by atoms with Gasteiger partial charge in [-0.1, -0.05) is 35.6 Å². The third-order valence-corrected chi connectivity index (χ3v) is 6.57. The van der Waals surface area contributed by atoms with Gasteiger partial charge in [-0.15, -0.1) is 35.3 Å². The number of halogens is 1. The van der Waals surface area contributed by atoms with E-state index in [1.165, 1.54) is 8.42 Å². The summed E-state index contributed by atoms with van der Waals surface area (Å²) in [5.41, 5.74) is 0. The maximum absolute atomic E-state index is 11.0. The van der Waals surface area contributed by atoms with Crippen molar-refractivity contribution in [3.8, 4) is 0 Å². The van der Waals surface area contributed by atoms with Gasteiger partial charge in [-0.25, -0.2) is 0 Å². The van der Waals surface area contributed by atoms with Crippen molar-refractivity contribution in [3.63, 3.8) is 0 Å². The van der Waals surface area contributed by atoms with Gasteiger partial charge in [0.2, 0.25) is 0 Å². The molecule has 0 fully saturated rings. The van der Waals surface area contributed by atoms with Crippen molar-refractivity contribution in [2.45, 2.75) is 32.4 Å². The highest BCUT2D eigenvalue weighted by Gasteiger charge is 2.08. The van der Waals surface area contributed by atoms with Gasteiger partial charge in [0.15, 0.2) is 0 Å². The fourth-order valence-corrected chi connectivity index (χ4v) is 5.30. The van der Waals surface area contributed by atoms with Crippen LogP contribution in [0.4, 0.5) is 4.53 Å². The van der Waals surface area contributed by atoms with Gasteiger partial charge in [-0.05, 0) is 34.5 Å². The van der Waals surface area contributed by atoms with Gasteiger partial charge in [0.25, 0.3) is 10.1 Å². The predicted octanol–water partition coefficient (Wildman–Crippen LogP) is 5.27. The lowest BCUT2D eigenvalue weighted by atomic mass is 10.4. The van der Waals surface area contributed by atoms with Crippen LogP contribution in [0, 0.1) is 0 Å². The van der Waals surface area contributed by atoms with Crippen LogP contribution in [0.5, 0.6) is 0 Å². The summed E-state index contributed by atoms with van der Waals surface area (Å²) in [4.78, 5) is 0. The van der Waals surface area contributed by atoms with Gasteiger partial charge in [0.1, 0.15) is 0 Å². The molecule has 2 rings (SSSR count). The zero-order valence-electron chi connectivity index (χ0n) is 11.2. The van der Waals surface area contributed by atoms with E-state index in [0.717, 1.165) is 4.21 Å². The van der Waals surface area contributed by atoms with Crippen LogP contribution in [-0.4, -0.2) is 14.2 Å². The smallest absolute Gasteiger partial charge is 0.197 e. The van der Waals surface area contributed by atoms with Gasteiger partial charge >= 0.3 is 0 Å².